The topological polar surface area (TPSA) is 77.2 Å². The van der Waals surface area contributed by atoms with Crippen molar-refractivity contribution in [3.05, 3.63) is 53.3 Å². The van der Waals surface area contributed by atoms with Crippen LogP contribution in [0.4, 0.5) is 26.2 Å². The molecule has 2 amide bonds. The summed E-state index contributed by atoms with van der Waals surface area (Å²) in [5, 5.41) is 7.09. The minimum absolute atomic E-state index is 0.202. The van der Waals surface area contributed by atoms with Gasteiger partial charge in [-0.15, -0.1) is 0 Å². The SMILES string of the molecule is CC(=O)NC[C@H]1CN(c2ccc(N3CCN(C(=S)Nc4ccc(Cl)cc4)CC3)c(F)c2)C(=O)O1. The molecule has 2 saturated heterocycles. The van der Waals surface area contributed by atoms with E-state index in [2.05, 4.69) is 10.6 Å². The molecule has 2 heterocycles. The van der Waals surface area contributed by atoms with Gasteiger partial charge in [0, 0.05) is 43.8 Å². The van der Waals surface area contributed by atoms with Crippen molar-refractivity contribution < 1.29 is 18.7 Å². The van der Waals surface area contributed by atoms with Gasteiger partial charge in [-0.1, -0.05) is 11.6 Å². The average Bonchev–Trinajstić information content (AvgIpc) is 3.20. The molecule has 0 aromatic heterocycles. The van der Waals surface area contributed by atoms with E-state index in [4.69, 9.17) is 28.6 Å². The van der Waals surface area contributed by atoms with E-state index in [1.165, 1.54) is 17.9 Å². The third-order valence-corrected chi connectivity index (χ3v) is 6.31. The lowest BCUT2D eigenvalue weighted by Gasteiger charge is -2.37. The Morgan fingerprint density at radius 2 is 1.88 bits per heavy atom. The number of carbonyl (C=O) groups excluding carboxylic acids is 2. The molecule has 180 valence electrons. The summed E-state index contributed by atoms with van der Waals surface area (Å²) in [7, 11) is 0. The molecule has 2 aliphatic heterocycles. The number of hydrogen-bond donors (Lipinski definition) is 2. The van der Waals surface area contributed by atoms with E-state index < -0.39 is 18.0 Å². The van der Waals surface area contributed by atoms with Crippen molar-refractivity contribution in [2.45, 2.75) is 13.0 Å². The van der Waals surface area contributed by atoms with Crippen LogP contribution in [0.25, 0.3) is 0 Å². The Bertz CT molecular complexity index is 1080. The third kappa shape index (κ3) is 5.68. The first kappa shape index (κ1) is 24.0. The van der Waals surface area contributed by atoms with Crippen molar-refractivity contribution in [3.8, 4) is 0 Å². The zero-order chi connectivity index (χ0) is 24.2. The number of nitrogens with zero attached hydrogens (tertiary/aromatic N) is 3. The van der Waals surface area contributed by atoms with Crippen molar-refractivity contribution in [2.24, 2.45) is 0 Å². The predicted molar refractivity (Wildman–Crippen MR) is 134 cm³/mol. The van der Waals surface area contributed by atoms with E-state index in [-0.39, 0.29) is 19.0 Å². The molecule has 2 fully saturated rings. The van der Waals surface area contributed by atoms with Crippen molar-refractivity contribution in [2.75, 3.05) is 54.4 Å². The molecule has 0 unspecified atom stereocenters. The van der Waals surface area contributed by atoms with E-state index in [9.17, 15) is 9.59 Å². The standard InChI is InChI=1S/C23H25ClFN5O3S/c1-15(31)26-13-19-14-30(23(32)33-19)18-6-7-21(20(25)12-18)28-8-10-29(11-9-28)22(34)27-17-4-2-16(24)3-5-17/h2-7,12,19H,8-11,13-14H2,1H3,(H,26,31)(H,27,34)/t19-/m0/s1. The molecular formula is C23H25ClFN5O3S. The highest BCUT2D eigenvalue weighted by atomic mass is 35.5. The maximum absolute atomic E-state index is 15.0. The maximum Gasteiger partial charge on any atom is 0.414 e. The molecule has 0 bridgehead atoms. The van der Waals surface area contributed by atoms with Crippen LogP contribution in [0.15, 0.2) is 42.5 Å². The van der Waals surface area contributed by atoms with E-state index >= 15 is 4.39 Å². The molecular weight excluding hydrogens is 481 g/mol. The Morgan fingerprint density at radius 1 is 1.18 bits per heavy atom. The number of amides is 2. The summed E-state index contributed by atoms with van der Waals surface area (Å²) in [5.74, 6) is -0.613. The summed E-state index contributed by atoms with van der Waals surface area (Å²) >= 11 is 11.4. The fourth-order valence-corrected chi connectivity index (χ4v) is 4.33. The number of ether oxygens (including phenoxy) is 1. The lowest BCUT2D eigenvalue weighted by molar-refractivity contribution is -0.119. The van der Waals surface area contributed by atoms with Gasteiger partial charge in [-0.05, 0) is 54.7 Å². The highest BCUT2D eigenvalue weighted by molar-refractivity contribution is 7.80. The molecule has 0 saturated carbocycles. The van der Waals surface area contributed by atoms with Crippen LogP contribution in [0.2, 0.25) is 5.02 Å². The van der Waals surface area contributed by atoms with Crippen LogP contribution >= 0.6 is 23.8 Å². The normalized spacial score (nSPS) is 18.0. The zero-order valence-electron chi connectivity index (χ0n) is 18.6. The highest BCUT2D eigenvalue weighted by Crippen LogP contribution is 2.28. The molecule has 0 spiro atoms. The molecule has 0 aliphatic carbocycles. The van der Waals surface area contributed by atoms with Gasteiger partial charge < -0.3 is 25.2 Å². The quantitative estimate of drug-likeness (QED) is 0.603. The van der Waals surface area contributed by atoms with Gasteiger partial charge in [0.15, 0.2) is 5.11 Å². The van der Waals surface area contributed by atoms with Crippen LogP contribution in [-0.2, 0) is 9.53 Å². The Kier molecular flexibility index (Phi) is 7.38. The van der Waals surface area contributed by atoms with Gasteiger partial charge in [-0.25, -0.2) is 9.18 Å². The summed E-state index contributed by atoms with van der Waals surface area (Å²) in [6.07, 6.45) is -1.03. The van der Waals surface area contributed by atoms with Crippen molar-refractivity contribution in [1.29, 1.82) is 0 Å². The van der Waals surface area contributed by atoms with Crippen LogP contribution in [0, 0.1) is 5.82 Å². The fraction of sp³-hybridized carbons (Fsp3) is 0.348. The first-order chi connectivity index (χ1) is 16.3. The summed E-state index contributed by atoms with van der Waals surface area (Å²) in [6.45, 7) is 4.35. The molecule has 2 aromatic carbocycles. The summed E-state index contributed by atoms with van der Waals surface area (Å²) < 4.78 is 20.3. The molecule has 34 heavy (non-hydrogen) atoms. The Hall–Kier alpha value is -3.11. The number of nitrogens with one attached hydrogen (secondary N) is 2. The van der Waals surface area contributed by atoms with E-state index in [0.717, 1.165) is 5.69 Å². The number of cyclic esters (lactones) is 1. The lowest BCUT2D eigenvalue weighted by atomic mass is 10.2. The summed E-state index contributed by atoms with van der Waals surface area (Å²) in [4.78, 5) is 28.7. The number of anilines is 3. The number of benzene rings is 2. The predicted octanol–water partition coefficient (Wildman–Crippen LogP) is 3.46. The summed E-state index contributed by atoms with van der Waals surface area (Å²) in [5.41, 5.74) is 1.75. The second-order valence-electron chi connectivity index (χ2n) is 8.10. The van der Waals surface area contributed by atoms with Crippen LogP contribution in [-0.4, -0.2) is 67.4 Å². The lowest BCUT2D eigenvalue weighted by Crippen LogP contribution is -2.50. The molecule has 11 heteroatoms. The average molecular weight is 506 g/mol. The Labute approximate surface area is 207 Å². The van der Waals surface area contributed by atoms with Crippen LogP contribution < -0.4 is 20.4 Å². The van der Waals surface area contributed by atoms with Gasteiger partial charge in [0.25, 0.3) is 0 Å². The Morgan fingerprint density at radius 3 is 2.53 bits per heavy atom. The van der Waals surface area contributed by atoms with Gasteiger partial charge in [-0.2, -0.15) is 0 Å². The molecule has 8 nitrogen and oxygen atoms in total. The van der Waals surface area contributed by atoms with Crippen LogP contribution in [0.5, 0.6) is 0 Å². The Balaban J connectivity index is 1.33. The largest absolute Gasteiger partial charge is 0.442 e. The van der Waals surface area contributed by atoms with Gasteiger partial charge in [0.2, 0.25) is 5.91 Å². The number of hydrogen-bond acceptors (Lipinski definition) is 5. The van der Waals surface area contributed by atoms with Gasteiger partial charge in [0.1, 0.15) is 11.9 Å². The van der Waals surface area contributed by atoms with Crippen molar-refractivity contribution >= 4 is 58.0 Å². The summed E-state index contributed by atoms with van der Waals surface area (Å²) in [6, 6.07) is 12.0. The third-order valence-electron chi connectivity index (χ3n) is 5.70. The van der Waals surface area contributed by atoms with E-state index in [0.29, 0.717) is 47.7 Å². The first-order valence-corrected chi connectivity index (χ1v) is 11.7. The number of halogens is 2. The van der Waals surface area contributed by atoms with Gasteiger partial charge in [0.05, 0.1) is 24.5 Å². The monoisotopic (exact) mass is 505 g/mol. The molecule has 0 radical (unpaired) electrons. The fourth-order valence-electron chi connectivity index (χ4n) is 3.90. The van der Waals surface area contributed by atoms with E-state index in [1.54, 1.807) is 24.3 Å². The second kappa shape index (κ2) is 10.4. The first-order valence-electron chi connectivity index (χ1n) is 10.9. The second-order valence-corrected chi connectivity index (χ2v) is 8.92. The smallest absolute Gasteiger partial charge is 0.414 e. The molecule has 2 N–H and O–H groups in total. The molecule has 1 atom stereocenters. The number of thiocarbonyl (C=S) groups is 1. The minimum Gasteiger partial charge on any atom is -0.442 e. The zero-order valence-corrected chi connectivity index (χ0v) is 20.2. The van der Waals surface area contributed by atoms with Crippen molar-refractivity contribution in [1.82, 2.24) is 10.2 Å². The number of piperazine rings is 1. The molecule has 2 aromatic rings. The van der Waals surface area contributed by atoms with Crippen molar-refractivity contribution in [3.63, 3.8) is 0 Å². The maximum atomic E-state index is 15.0. The number of carbonyl (C=O) groups is 2. The highest BCUT2D eigenvalue weighted by Gasteiger charge is 2.33. The minimum atomic E-state index is -0.558. The molecule has 4 rings (SSSR count). The van der Waals surface area contributed by atoms with Gasteiger partial charge in [-0.3, -0.25) is 9.69 Å². The number of rotatable bonds is 5. The molecule has 2 aliphatic rings. The van der Waals surface area contributed by atoms with Gasteiger partial charge >= 0.3 is 6.09 Å². The van der Waals surface area contributed by atoms with Crippen LogP contribution in [0.1, 0.15) is 6.92 Å². The van der Waals surface area contributed by atoms with E-state index in [1.807, 2.05) is 21.9 Å². The van der Waals surface area contributed by atoms with Crippen LogP contribution in [0.3, 0.4) is 0 Å².